The molecule has 3 aromatic carbocycles. The van der Waals surface area contributed by atoms with Crippen LogP contribution in [0.15, 0.2) is 70.6 Å². The molecule has 48 heavy (non-hydrogen) atoms. The molecule has 7 nitrogen and oxygen atoms in total. The van der Waals surface area contributed by atoms with E-state index < -0.39 is 18.6 Å². The standard InChI is InChI=1S/C41H57N3O4/c1-7-8-9-10-11-12-13-14-15-16-19-26-47-41(33(6)45)48-44-39(35-25-23-30(3)28-32(35)5)42-38(34-24-22-29(2)27-31(34)4)43-40(44)36-20-17-18-21-37(36)46/h17-18,20-25,27-28,33,39,41,45-46H,7-16,19,26H2,1-6H3. The van der Waals surface area contributed by atoms with Crippen molar-refractivity contribution in [1.82, 2.24) is 5.06 Å². The number of nitrogens with zero attached hydrogens (tertiary/aromatic N) is 3. The van der Waals surface area contributed by atoms with Gasteiger partial charge in [-0.2, -0.15) is 0 Å². The van der Waals surface area contributed by atoms with Crippen molar-refractivity contribution in [3.05, 3.63) is 99.6 Å². The largest absolute Gasteiger partial charge is 0.507 e. The number of aliphatic imine (C=N–C) groups is 2. The second-order valence-corrected chi connectivity index (χ2v) is 13.4. The number of aryl methyl sites for hydroxylation is 4. The Balaban J connectivity index is 1.56. The first-order valence-electron chi connectivity index (χ1n) is 18.0. The van der Waals surface area contributed by atoms with E-state index >= 15 is 0 Å². The molecule has 1 heterocycles. The van der Waals surface area contributed by atoms with Gasteiger partial charge in [0.15, 0.2) is 17.8 Å². The molecule has 2 N–H and O–H groups in total. The zero-order valence-corrected chi connectivity index (χ0v) is 30.0. The minimum atomic E-state index is -0.963. The lowest BCUT2D eigenvalue weighted by Crippen LogP contribution is -2.45. The third kappa shape index (κ3) is 10.5. The number of phenolic OH excluding ortho intramolecular Hbond substituents is 1. The number of ether oxygens (including phenoxy) is 1. The highest BCUT2D eigenvalue weighted by atomic mass is 16.8. The molecule has 0 amide bonds. The lowest BCUT2D eigenvalue weighted by atomic mass is 10.0. The van der Waals surface area contributed by atoms with Crippen LogP contribution in [0.3, 0.4) is 0 Å². The molecular weight excluding hydrogens is 598 g/mol. The van der Waals surface area contributed by atoms with Crippen LogP contribution >= 0.6 is 0 Å². The number of rotatable bonds is 19. The predicted molar refractivity (Wildman–Crippen MR) is 197 cm³/mol. The van der Waals surface area contributed by atoms with E-state index in [-0.39, 0.29) is 5.75 Å². The molecule has 0 saturated carbocycles. The van der Waals surface area contributed by atoms with Gasteiger partial charge >= 0.3 is 0 Å². The zero-order valence-electron chi connectivity index (χ0n) is 30.0. The van der Waals surface area contributed by atoms with Crippen LogP contribution in [-0.2, 0) is 9.57 Å². The van der Waals surface area contributed by atoms with Gasteiger partial charge in [0.05, 0.1) is 5.56 Å². The number of aliphatic hydroxyl groups excluding tert-OH is 1. The van der Waals surface area contributed by atoms with Gasteiger partial charge in [-0.25, -0.2) is 19.9 Å². The van der Waals surface area contributed by atoms with Crippen molar-refractivity contribution in [2.24, 2.45) is 9.98 Å². The number of aromatic hydroxyl groups is 1. The highest BCUT2D eigenvalue weighted by Gasteiger charge is 2.36. The molecule has 0 fully saturated rings. The molecule has 0 saturated heterocycles. The first-order chi connectivity index (χ1) is 23.2. The molecule has 0 aliphatic carbocycles. The third-order valence-electron chi connectivity index (χ3n) is 9.00. The number of para-hydroxylation sites is 1. The Morgan fingerprint density at radius 2 is 1.35 bits per heavy atom. The summed E-state index contributed by atoms with van der Waals surface area (Å²) in [5, 5.41) is 23.5. The third-order valence-corrected chi connectivity index (χ3v) is 9.00. The molecule has 1 aliphatic rings. The number of phenols is 1. The van der Waals surface area contributed by atoms with Crippen LogP contribution in [0.1, 0.15) is 130 Å². The average Bonchev–Trinajstić information content (AvgIpc) is 3.05. The summed E-state index contributed by atoms with van der Waals surface area (Å²) in [6.45, 7) is 12.6. The molecule has 0 aromatic heterocycles. The molecule has 260 valence electrons. The van der Waals surface area contributed by atoms with E-state index in [1.165, 1.54) is 57.8 Å². The molecule has 0 radical (unpaired) electrons. The van der Waals surface area contributed by atoms with Crippen molar-refractivity contribution in [1.29, 1.82) is 0 Å². The molecule has 3 aromatic rings. The van der Waals surface area contributed by atoms with Gasteiger partial charge in [-0.15, -0.1) is 0 Å². The highest BCUT2D eigenvalue weighted by Crippen LogP contribution is 2.35. The van der Waals surface area contributed by atoms with Gasteiger partial charge in [0.1, 0.15) is 11.9 Å². The second-order valence-electron chi connectivity index (χ2n) is 13.4. The van der Waals surface area contributed by atoms with Gasteiger partial charge in [0.2, 0.25) is 6.29 Å². The Hall–Kier alpha value is -3.52. The molecular formula is C41H57N3O4. The molecule has 0 spiro atoms. The van der Waals surface area contributed by atoms with Crippen molar-refractivity contribution in [3.63, 3.8) is 0 Å². The zero-order chi connectivity index (χ0) is 34.5. The minimum Gasteiger partial charge on any atom is -0.507 e. The Kier molecular flexibility index (Phi) is 14.7. The lowest BCUT2D eigenvalue weighted by molar-refractivity contribution is -0.289. The number of unbranched alkanes of at least 4 members (excludes halogenated alkanes) is 10. The maximum Gasteiger partial charge on any atom is 0.209 e. The number of hydroxylamine groups is 2. The number of hydrogen-bond donors (Lipinski definition) is 2. The number of benzene rings is 3. The number of amidine groups is 2. The van der Waals surface area contributed by atoms with E-state index in [1.807, 2.05) is 18.2 Å². The highest BCUT2D eigenvalue weighted by molar-refractivity contribution is 6.14. The fourth-order valence-corrected chi connectivity index (χ4v) is 6.25. The van der Waals surface area contributed by atoms with Gasteiger partial charge < -0.3 is 14.9 Å². The summed E-state index contributed by atoms with van der Waals surface area (Å²) in [4.78, 5) is 16.8. The first-order valence-corrected chi connectivity index (χ1v) is 18.0. The van der Waals surface area contributed by atoms with Gasteiger partial charge in [-0.05, 0) is 64.3 Å². The van der Waals surface area contributed by atoms with Crippen LogP contribution in [0.4, 0.5) is 0 Å². The Morgan fingerprint density at radius 1 is 0.750 bits per heavy atom. The first kappa shape index (κ1) is 37.3. The van der Waals surface area contributed by atoms with Crippen molar-refractivity contribution < 1.29 is 19.8 Å². The quantitative estimate of drug-likeness (QED) is 0.0992. The van der Waals surface area contributed by atoms with Crippen LogP contribution in [0.25, 0.3) is 0 Å². The maximum absolute atomic E-state index is 11.1. The van der Waals surface area contributed by atoms with E-state index in [1.54, 1.807) is 24.1 Å². The lowest BCUT2D eigenvalue weighted by Gasteiger charge is -2.37. The molecule has 7 heteroatoms. The van der Waals surface area contributed by atoms with Gasteiger partial charge in [-0.3, -0.25) is 0 Å². The van der Waals surface area contributed by atoms with Gasteiger partial charge in [-0.1, -0.05) is 131 Å². The smallest absolute Gasteiger partial charge is 0.209 e. The monoisotopic (exact) mass is 655 g/mol. The second kappa shape index (κ2) is 18.9. The summed E-state index contributed by atoms with van der Waals surface area (Å²) < 4.78 is 6.20. The van der Waals surface area contributed by atoms with Crippen molar-refractivity contribution in [3.8, 4) is 5.75 Å². The molecule has 0 bridgehead atoms. The maximum atomic E-state index is 11.1. The van der Waals surface area contributed by atoms with E-state index in [2.05, 4.69) is 65.0 Å². The summed E-state index contributed by atoms with van der Waals surface area (Å²) in [6, 6.07) is 19.6. The van der Waals surface area contributed by atoms with Crippen LogP contribution < -0.4 is 0 Å². The average molecular weight is 656 g/mol. The fraction of sp³-hybridized carbons (Fsp3) is 0.512. The summed E-state index contributed by atoms with van der Waals surface area (Å²) in [5.74, 6) is 1.01. The van der Waals surface area contributed by atoms with Crippen LogP contribution in [0.5, 0.6) is 5.75 Å². The Labute approximate surface area is 288 Å². The fourth-order valence-electron chi connectivity index (χ4n) is 6.25. The van der Waals surface area contributed by atoms with Crippen molar-refractivity contribution in [2.45, 2.75) is 131 Å². The molecule has 4 rings (SSSR count). The van der Waals surface area contributed by atoms with Gasteiger partial charge in [0.25, 0.3) is 0 Å². The van der Waals surface area contributed by atoms with E-state index in [0.29, 0.717) is 23.8 Å². The van der Waals surface area contributed by atoms with Gasteiger partial charge in [0, 0.05) is 17.7 Å². The topological polar surface area (TPSA) is 86.9 Å². The molecule has 1 aliphatic heterocycles. The van der Waals surface area contributed by atoms with Crippen LogP contribution in [0, 0.1) is 27.7 Å². The summed E-state index contributed by atoms with van der Waals surface area (Å²) >= 11 is 0. The molecule has 3 unspecified atom stereocenters. The minimum absolute atomic E-state index is 0.0709. The SMILES string of the molecule is CCCCCCCCCCCCCOC(ON1C(c2ccccc2O)=NC(c2ccc(C)cc2C)=NC1c1ccc(C)cc1C)C(C)O. The summed E-state index contributed by atoms with van der Waals surface area (Å²) in [7, 11) is 0. The van der Waals surface area contributed by atoms with Crippen molar-refractivity contribution in [2.75, 3.05) is 6.61 Å². The number of aliphatic hydroxyl groups is 1. The Morgan fingerprint density at radius 3 is 1.96 bits per heavy atom. The van der Waals surface area contributed by atoms with Crippen LogP contribution in [-0.4, -0.2) is 45.9 Å². The van der Waals surface area contributed by atoms with E-state index in [9.17, 15) is 10.2 Å². The Bertz CT molecular complexity index is 1520. The summed E-state index contributed by atoms with van der Waals surface area (Å²) in [5.41, 5.74) is 6.74. The normalized spacial score (nSPS) is 16.1. The van der Waals surface area contributed by atoms with E-state index in [4.69, 9.17) is 19.6 Å². The number of hydrogen-bond acceptors (Lipinski definition) is 7. The van der Waals surface area contributed by atoms with Crippen molar-refractivity contribution >= 4 is 11.7 Å². The molecule has 3 atom stereocenters. The predicted octanol–water partition coefficient (Wildman–Crippen LogP) is 9.80. The summed E-state index contributed by atoms with van der Waals surface area (Å²) in [6.07, 6.45) is 11.2. The van der Waals surface area contributed by atoms with E-state index in [0.717, 1.165) is 46.2 Å². The van der Waals surface area contributed by atoms with Crippen LogP contribution in [0.2, 0.25) is 0 Å².